The molecule has 4 aromatic rings. The van der Waals surface area contributed by atoms with Crippen LogP contribution in [0.2, 0.25) is 0 Å². The summed E-state index contributed by atoms with van der Waals surface area (Å²) in [5, 5.41) is 21.6. The summed E-state index contributed by atoms with van der Waals surface area (Å²) in [6.07, 6.45) is 3.33. The molecule has 2 aromatic carbocycles. The van der Waals surface area contributed by atoms with E-state index >= 15 is 8.78 Å². The van der Waals surface area contributed by atoms with E-state index in [1.54, 1.807) is 36.0 Å². The monoisotopic (exact) mass is 616 g/mol. The summed E-state index contributed by atoms with van der Waals surface area (Å²) < 4.78 is 35.4. The minimum absolute atomic E-state index is 0.0315. The number of aryl methyl sites for hydroxylation is 1. The molecule has 2 aliphatic rings. The lowest BCUT2D eigenvalue weighted by atomic mass is 9.95. The summed E-state index contributed by atoms with van der Waals surface area (Å²) in [6, 6.07) is 5.22. The van der Waals surface area contributed by atoms with Crippen molar-refractivity contribution in [2.45, 2.75) is 39.2 Å². The number of halogens is 2. The van der Waals surface area contributed by atoms with Crippen LogP contribution in [0.3, 0.4) is 0 Å². The molecule has 1 amide bonds. The van der Waals surface area contributed by atoms with E-state index in [4.69, 9.17) is 0 Å². The van der Waals surface area contributed by atoms with Crippen LogP contribution in [0.25, 0.3) is 27.7 Å². The Bertz CT molecular complexity index is 1920. The molecule has 0 saturated carbocycles. The van der Waals surface area contributed by atoms with E-state index in [9.17, 15) is 19.8 Å². The number of amides is 1. The average Bonchev–Trinajstić information content (AvgIpc) is 3.00. The highest BCUT2D eigenvalue weighted by Crippen LogP contribution is 2.48. The fourth-order valence-electron chi connectivity index (χ4n) is 6.61. The fraction of sp³-hybridized carbons (Fsp3) is 0.333. The lowest BCUT2D eigenvalue weighted by molar-refractivity contribution is -0.126. The smallest absolute Gasteiger partial charge is 0.354 e. The van der Waals surface area contributed by atoms with Crippen molar-refractivity contribution >= 4 is 28.3 Å². The Morgan fingerprint density at radius 3 is 2.44 bits per heavy atom. The molecular formula is C33H34F2N6O4. The maximum atomic E-state index is 17.3. The first-order chi connectivity index (χ1) is 21.5. The van der Waals surface area contributed by atoms with Gasteiger partial charge in [0.05, 0.1) is 33.6 Å². The van der Waals surface area contributed by atoms with Crippen LogP contribution < -0.4 is 15.5 Å². The number of hydrogen-bond acceptors (Lipinski definition) is 8. The van der Waals surface area contributed by atoms with Crippen LogP contribution in [-0.4, -0.2) is 74.8 Å². The molecule has 45 heavy (non-hydrogen) atoms. The minimum Gasteiger partial charge on any atom is -0.507 e. The number of phenols is 2. The van der Waals surface area contributed by atoms with Gasteiger partial charge in [0, 0.05) is 45.5 Å². The maximum Gasteiger partial charge on any atom is 0.354 e. The van der Waals surface area contributed by atoms with Gasteiger partial charge < -0.3 is 24.9 Å². The van der Waals surface area contributed by atoms with E-state index in [1.807, 2.05) is 18.7 Å². The van der Waals surface area contributed by atoms with Crippen LogP contribution in [0, 0.1) is 18.6 Å². The lowest BCUT2D eigenvalue weighted by Crippen LogP contribution is -2.56. The Kier molecular flexibility index (Phi) is 7.46. The third-order valence-electron chi connectivity index (χ3n) is 8.78. The third-order valence-corrected chi connectivity index (χ3v) is 8.78. The predicted octanol–water partition coefficient (Wildman–Crippen LogP) is 4.61. The number of anilines is 2. The first kappa shape index (κ1) is 30.0. The first-order valence-corrected chi connectivity index (χ1v) is 14.8. The number of carbonyl (C=O) groups is 1. The Hall–Kier alpha value is -5.00. The molecule has 1 atom stereocenters. The molecular weight excluding hydrogens is 582 g/mol. The quantitative estimate of drug-likeness (QED) is 0.320. The summed E-state index contributed by atoms with van der Waals surface area (Å²) in [4.78, 5) is 40.9. The Morgan fingerprint density at radius 2 is 1.78 bits per heavy atom. The molecule has 0 spiro atoms. The highest BCUT2D eigenvalue weighted by Gasteiger charge is 2.38. The average molecular weight is 617 g/mol. The van der Waals surface area contributed by atoms with Gasteiger partial charge in [-0.2, -0.15) is 4.98 Å². The van der Waals surface area contributed by atoms with E-state index in [2.05, 4.69) is 16.5 Å². The van der Waals surface area contributed by atoms with Crippen LogP contribution >= 0.6 is 0 Å². The van der Waals surface area contributed by atoms with Crippen molar-refractivity contribution < 1.29 is 23.8 Å². The largest absolute Gasteiger partial charge is 0.507 e. The van der Waals surface area contributed by atoms with E-state index in [0.29, 0.717) is 43.0 Å². The highest BCUT2D eigenvalue weighted by molar-refractivity contribution is 6.06. The molecule has 2 aliphatic heterocycles. The van der Waals surface area contributed by atoms with Crippen molar-refractivity contribution in [2.75, 3.05) is 43.0 Å². The second-order valence-corrected chi connectivity index (χ2v) is 11.9. The third kappa shape index (κ3) is 4.66. The number of benzene rings is 2. The standard InChI is InChI=1S/C33H34F2N6O4/c1-6-22(44)39-14-15-40-19(16-39)11-13-38(5)30-25-31(27(35)24(26(30)34)23-20(42)8-7-9-21(23)43)41(33(45)37-32(25)40)29-18(4)10-12-36-28(29)17(2)3/h6-10,12,17,19,42-43H,1,11,13-16H2,2-5H3. The molecule has 2 aromatic heterocycles. The lowest BCUT2D eigenvalue weighted by Gasteiger charge is -2.44. The molecule has 6 rings (SSSR count). The van der Waals surface area contributed by atoms with Crippen molar-refractivity contribution in [1.29, 1.82) is 0 Å². The summed E-state index contributed by atoms with van der Waals surface area (Å²) in [7, 11) is 1.66. The molecule has 10 nitrogen and oxygen atoms in total. The Balaban J connectivity index is 1.80. The second-order valence-electron chi connectivity index (χ2n) is 11.9. The number of rotatable bonds is 4. The number of hydrogen-bond donors (Lipinski definition) is 2. The van der Waals surface area contributed by atoms with Gasteiger partial charge >= 0.3 is 5.69 Å². The fourth-order valence-corrected chi connectivity index (χ4v) is 6.61. The minimum atomic E-state index is -1.15. The molecule has 234 valence electrons. The van der Waals surface area contributed by atoms with Gasteiger partial charge in [-0.1, -0.05) is 26.5 Å². The van der Waals surface area contributed by atoms with E-state index < -0.39 is 40.0 Å². The normalized spacial score (nSPS) is 16.5. The van der Waals surface area contributed by atoms with Gasteiger partial charge in [-0.3, -0.25) is 14.3 Å². The number of aromatic nitrogens is 3. The highest BCUT2D eigenvalue weighted by atomic mass is 19.1. The predicted molar refractivity (Wildman–Crippen MR) is 168 cm³/mol. The van der Waals surface area contributed by atoms with E-state index in [0.717, 1.165) is 4.57 Å². The first-order valence-electron chi connectivity index (χ1n) is 14.8. The Morgan fingerprint density at radius 1 is 1.07 bits per heavy atom. The summed E-state index contributed by atoms with van der Waals surface area (Å²) in [6.45, 7) is 10.4. The van der Waals surface area contributed by atoms with Crippen LogP contribution in [0.5, 0.6) is 11.5 Å². The zero-order chi connectivity index (χ0) is 32.3. The number of aromatic hydroxyl groups is 2. The van der Waals surface area contributed by atoms with Crippen LogP contribution in [0.4, 0.5) is 20.3 Å². The van der Waals surface area contributed by atoms with Gasteiger partial charge in [-0.05, 0) is 49.1 Å². The number of carbonyl (C=O) groups excluding carboxylic acids is 1. The van der Waals surface area contributed by atoms with Crippen LogP contribution in [0.15, 0.2) is 47.9 Å². The van der Waals surface area contributed by atoms with Gasteiger partial charge in [-0.25, -0.2) is 13.6 Å². The number of fused-ring (bicyclic) bond motifs is 2. The molecule has 0 radical (unpaired) electrons. The molecule has 1 fully saturated rings. The molecule has 2 N–H and O–H groups in total. The zero-order valence-corrected chi connectivity index (χ0v) is 25.5. The van der Waals surface area contributed by atoms with Crippen molar-refractivity contribution in [1.82, 2.24) is 19.4 Å². The SMILES string of the molecule is C=CC(=O)N1CCN2c3nc(=O)n(-c4c(C)ccnc4C(C)C)c4c(F)c(-c5c(O)cccc5O)c(F)c(c34)N(C)CCC2C1. The second kappa shape index (κ2) is 11.2. The number of phenolic OH excluding ortho intramolecular Hbond substituents is 2. The molecule has 0 aliphatic carbocycles. The maximum absolute atomic E-state index is 17.3. The molecule has 1 saturated heterocycles. The van der Waals surface area contributed by atoms with Crippen LogP contribution in [-0.2, 0) is 4.79 Å². The summed E-state index contributed by atoms with van der Waals surface area (Å²) in [5.41, 5.74) is -0.727. The molecule has 1 unspecified atom stereocenters. The molecule has 0 bridgehead atoms. The van der Waals surface area contributed by atoms with Gasteiger partial charge in [0.15, 0.2) is 11.6 Å². The van der Waals surface area contributed by atoms with Gasteiger partial charge in [0.1, 0.15) is 22.8 Å². The summed E-state index contributed by atoms with van der Waals surface area (Å²) in [5.74, 6) is -3.52. The van der Waals surface area contributed by atoms with E-state index in [-0.39, 0.29) is 46.8 Å². The van der Waals surface area contributed by atoms with Crippen molar-refractivity contribution in [3.05, 3.63) is 76.5 Å². The molecule has 4 heterocycles. The van der Waals surface area contributed by atoms with Crippen molar-refractivity contribution in [3.8, 4) is 28.3 Å². The van der Waals surface area contributed by atoms with E-state index in [1.165, 1.54) is 24.3 Å². The van der Waals surface area contributed by atoms with Gasteiger partial charge in [0.2, 0.25) is 5.91 Å². The summed E-state index contributed by atoms with van der Waals surface area (Å²) >= 11 is 0. The molecule has 12 heteroatoms. The Labute approximate surface area is 258 Å². The van der Waals surface area contributed by atoms with Gasteiger partial charge in [-0.15, -0.1) is 0 Å². The van der Waals surface area contributed by atoms with Crippen LogP contribution in [0.1, 0.15) is 37.4 Å². The van der Waals surface area contributed by atoms with Crippen molar-refractivity contribution in [2.24, 2.45) is 0 Å². The topological polar surface area (TPSA) is 115 Å². The van der Waals surface area contributed by atoms with Gasteiger partial charge in [0.25, 0.3) is 0 Å². The zero-order valence-electron chi connectivity index (χ0n) is 25.5. The van der Waals surface area contributed by atoms with Crippen molar-refractivity contribution in [3.63, 3.8) is 0 Å². The number of pyridine rings is 1. The number of nitrogens with zero attached hydrogens (tertiary/aromatic N) is 6. The number of piperazine rings is 1.